The van der Waals surface area contributed by atoms with E-state index in [0.717, 1.165) is 55.0 Å². The van der Waals surface area contributed by atoms with Crippen LogP contribution in [0.1, 0.15) is 29.1 Å². The number of hydrogen-bond acceptors (Lipinski definition) is 4. The van der Waals surface area contributed by atoms with E-state index in [2.05, 4.69) is 69.3 Å². The molecule has 4 aromatic heterocycles. The van der Waals surface area contributed by atoms with Crippen molar-refractivity contribution in [3.63, 3.8) is 0 Å². The first-order chi connectivity index (χ1) is 23.8. The summed E-state index contributed by atoms with van der Waals surface area (Å²) >= 11 is -2.08. The first-order valence-electron chi connectivity index (χ1n) is 17.4. The molecule has 6 heteroatoms. The minimum atomic E-state index is -2.08. The number of rotatable bonds is 6. The van der Waals surface area contributed by atoms with Crippen LogP contribution in [0.15, 0.2) is 120 Å². The average molecular weight is 692 g/mol. The van der Waals surface area contributed by atoms with E-state index < -0.39 is 25.1 Å². The predicted molar refractivity (Wildman–Crippen MR) is 202 cm³/mol. The predicted octanol–water partition coefficient (Wildman–Crippen LogP) is 11.1. The molecule has 48 heavy (non-hydrogen) atoms. The second-order valence-electron chi connectivity index (χ2n) is 14.5. The summed E-state index contributed by atoms with van der Waals surface area (Å²) in [6, 6.07) is 34.7. The maximum Gasteiger partial charge on any atom is -0.0154 e. The third kappa shape index (κ3) is 5.56. The zero-order valence-electron chi connectivity index (χ0n) is 30.1. The van der Waals surface area contributed by atoms with Crippen LogP contribution in [0.3, 0.4) is 0 Å². The minimum Gasteiger partial charge on any atom is -0.0599 e. The molecule has 0 fully saturated rings. The summed E-state index contributed by atoms with van der Waals surface area (Å²) in [5, 5.41) is 4.18. The van der Waals surface area contributed by atoms with Crippen molar-refractivity contribution in [3.05, 3.63) is 121 Å². The molecule has 0 saturated heterocycles. The van der Waals surface area contributed by atoms with E-state index in [1.807, 2.05) is 75.4 Å². The molecule has 4 aromatic carbocycles. The molecule has 8 aromatic rings. The molecule has 8 rings (SSSR count). The summed E-state index contributed by atoms with van der Waals surface area (Å²) in [6.07, 6.45) is 1.94. The number of ether oxygens (including phenoxy) is 1. The van der Waals surface area contributed by atoms with E-state index in [-0.39, 0.29) is 0 Å². The summed E-state index contributed by atoms with van der Waals surface area (Å²) < 4.78 is 34.7. The maximum atomic E-state index is 8.94. The van der Waals surface area contributed by atoms with Crippen LogP contribution in [0, 0.1) is 5.41 Å². The minimum absolute atomic E-state index is 0.591. The summed E-state index contributed by atoms with van der Waals surface area (Å²) in [4.78, 5) is 9.44. The average Bonchev–Trinajstić information content (AvgIpc) is 3.62. The van der Waals surface area contributed by atoms with Crippen molar-refractivity contribution in [2.45, 2.75) is 44.4 Å². The first-order valence-corrected chi connectivity index (χ1v) is 23.7. The Labute approximate surface area is 286 Å². The molecule has 5 nitrogen and oxygen atoms in total. The molecule has 0 radical (unpaired) electrons. The van der Waals surface area contributed by atoms with Crippen LogP contribution < -0.4 is 9.13 Å². The molecule has 0 aliphatic heterocycles. The Bertz CT molecular complexity index is 2580. The number of aromatic nitrogens is 3. The fraction of sp³-hybridized carbons (Fsp3) is 0.190. The van der Waals surface area contributed by atoms with Gasteiger partial charge in [0.1, 0.15) is 5.82 Å². The van der Waals surface area contributed by atoms with Gasteiger partial charge in [-0.25, -0.2) is 4.98 Å². The summed E-state index contributed by atoms with van der Waals surface area (Å²) in [5.74, 6) is 9.18. The summed E-state index contributed by atoms with van der Waals surface area (Å²) in [5.41, 5.74) is 5.26. The first kappa shape index (κ1) is 28.2. The number of fused-ring (bicyclic) bond motifs is 6. The van der Waals surface area contributed by atoms with Gasteiger partial charge in [0, 0.05) is 14.3 Å². The third-order valence-electron chi connectivity index (χ3n) is 8.73. The molecule has 0 atom stereocenters. The second-order valence-corrected chi connectivity index (χ2v) is 25.2. The Hall–Kier alpha value is -4.88. The monoisotopic (exact) mass is 693 g/mol. The van der Waals surface area contributed by atoms with Gasteiger partial charge in [0.15, 0.2) is 0 Å². The van der Waals surface area contributed by atoms with E-state index in [4.69, 9.17) is 16.9 Å². The molecule has 0 amide bonds. The van der Waals surface area contributed by atoms with Crippen molar-refractivity contribution in [2.24, 2.45) is 5.41 Å². The van der Waals surface area contributed by atoms with Gasteiger partial charge in [-0.15, -0.1) is 0 Å². The molecule has 0 bridgehead atoms. The SMILES string of the molecule is [2H]C([2H])(c1ccnc(-n2c3ccccc3c3ccc(Oc4cc(-c5ccccn5)c5oc6c[c]([Ge]([CH3])([CH3])[CH3])ccc6c5c4)cc32)c1)C(C)(C)C. The van der Waals surface area contributed by atoms with Gasteiger partial charge in [-0.3, -0.25) is 0 Å². The number of nitrogens with zero attached hydrogens (tertiary/aromatic N) is 3. The van der Waals surface area contributed by atoms with Crippen LogP contribution >= 0.6 is 0 Å². The summed E-state index contributed by atoms with van der Waals surface area (Å²) in [7, 11) is 0. The molecule has 0 N–H and O–H groups in total. The van der Waals surface area contributed by atoms with Crippen LogP contribution in [-0.2, 0) is 6.37 Å². The molecule has 0 spiro atoms. The molecular formula is C42H39GeN3O2. The van der Waals surface area contributed by atoms with Gasteiger partial charge < -0.3 is 0 Å². The van der Waals surface area contributed by atoms with Crippen LogP contribution in [-0.4, -0.2) is 27.8 Å². The van der Waals surface area contributed by atoms with Crippen molar-refractivity contribution < 1.29 is 11.9 Å². The standard InChI is InChI=1S/C42H39GeN3O2/c1-42(2,3)26-27-18-20-45-40(21-27)46-37-13-8-7-11-31(37)32-17-15-29(25-38(32)46)47-30-23-34-33-16-14-28(43(4,5)6)22-39(33)48-41(34)35(24-30)36-12-9-10-19-44-36/h7-25H,26H2,1-6H3/i26D2. The second kappa shape index (κ2) is 11.4. The van der Waals surface area contributed by atoms with Crippen molar-refractivity contribution in [1.82, 2.24) is 14.5 Å². The van der Waals surface area contributed by atoms with Crippen LogP contribution in [0.5, 0.6) is 11.5 Å². The van der Waals surface area contributed by atoms with Gasteiger partial charge in [0.05, 0.1) is 5.52 Å². The van der Waals surface area contributed by atoms with Gasteiger partial charge >= 0.3 is 182 Å². The van der Waals surface area contributed by atoms with E-state index >= 15 is 0 Å². The Morgan fingerprint density at radius 3 is 2.31 bits per heavy atom. The molecule has 0 aliphatic rings. The number of furan rings is 1. The summed E-state index contributed by atoms with van der Waals surface area (Å²) in [6.45, 7) is 5.77. The number of para-hydroxylation sites is 1. The largest absolute Gasteiger partial charge is 0.0599 e. The van der Waals surface area contributed by atoms with Crippen molar-refractivity contribution in [2.75, 3.05) is 0 Å². The molecule has 238 valence electrons. The van der Waals surface area contributed by atoms with Crippen molar-refractivity contribution >= 4 is 61.4 Å². The molecule has 0 aliphatic carbocycles. The van der Waals surface area contributed by atoms with E-state index in [9.17, 15) is 0 Å². The number of hydrogen-bond donors (Lipinski definition) is 0. The van der Waals surface area contributed by atoms with Gasteiger partial charge in [-0.05, 0) is 35.6 Å². The van der Waals surface area contributed by atoms with Gasteiger partial charge in [0.25, 0.3) is 0 Å². The molecular weight excluding hydrogens is 651 g/mol. The fourth-order valence-corrected chi connectivity index (χ4v) is 8.95. The van der Waals surface area contributed by atoms with Crippen molar-refractivity contribution in [1.29, 1.82) is 0 Å². The Kier molecular flexibility index (Phi) is 6.68. The van der Waals surface area contributed by atoms with Gasteiger partial charge in [0.2, 0.25) is 0 Å². The smallest absolute Gasteiger partial charge is 0.0154 e. The zero-order chi connectivity index (χ0) is 35.0. The van der Waals surface area contributed by atoms with Crippen molar-refractivity contribution in [3.8, 4) is 28.6 Å². The Balaban J connectivity index is 1.29. The topological polar surface area (TPSA) is 53.1 Å². The quantitative estimate of drug-likeness (QED) is 0.163. The van der Waals surface area contributed by atoms with Crippen LogP contribution in [0.2, 0.25) is 17.3 Å². The Morgan fingerprint density at radius 1 is 0.729 bits per heavy atom. The zero-order valence-corrected chi connectivity index (χ0v) is 30.2. The molecule has 0 unspecified atom stereocenters. The van der Waals surface area contributed by atoms with Crippen LogP contribution in [0.4, 0.5) is 0 Å². The Morgan fingerprint density at radius 2 is 1.52 bits per heavy atom. The van der Waals surface area contributed by atoms with Crippen LogP contribution in [0.25, 0.3) is 60.8 Å². The fourth-order valence-electron chi connectivity index (χ4n) is 6.54. The van der Waals surface area contributed by atoms with E-state index in [1.54, 1.807) is 18.5 Å². The number of pyridine rings is 2. The maximum absolute atomic E-state index is 8.94. The van der Waals surface area contributed by atoms with Gasteiger partial charge in [-0.2, -0.15) is 0 Å². The molecule has 4 heterocycles. The van der Waals surface area contributed by atoms with E-state index in [1.165, 1.54) is 4.40 Å². The third-order valence-corrected chi connectivity index (χ3v) is 13.0. The van der Waals surface area contributed by atoms with E-state index in [0.29, 0.717) is 22.9 Å². The molecule has 0 saturated carbocycles. The normalized spacial score (nSPS) is 13.4. The van der Waals surface area contributed by atoms with Gasteiger partial charge in [-0.1, -0.05) is 39.0 Å². The number of benzene rings is 4.